The molecule has 0 fully saturated rings. The molecule has 0 saturated heterocycles. The van der Waals surface area contributed by atoms with Gasteiger partial charge in [0.05, 0.1) is 20.8 Å². The minimum Gasteiger partial charge on any atom is -0.493 e. The predicted molar refractivity (Wildman–Crippen MR) is 119 cm³/mol. The summed E-state index contributed by atoms with van der Waals surface area (Å²) in [5.41, 5.74) is 4.02. The van der Waals surface area contributed by atoms with Crippen LogP contribution in [0.2, 0.25) is 0 Å². The Morgan fingerprint density at radius 1 is 1.16 bits per heavy atom. The molecule has 2 aromatic carbocycles. The summed E-state index contributed by atoms with van der Waals surface area (Å²) in [5, 5.41) is 2.92. The molecule has 3 aromatic rings. The summed E-state index contributed by atoms with van der Waals surface area (Å²) >= 11 is 0. The summed E-state index contributed by atoms with van der Waals surface area (Å²) in [6.07, 6.45) is 7.47. The molecule has 2 heterocycles. The average molecular weight is 416 g/mol. The largest absolute Gasteiger partial charge is 0.493 e. The van der Waals surface area contributed by atoms with Gasteiger partial charge in [-0.05, 0) is 35.4 Å². The normalized spacial score (nSPS) is 14.7. The van der Waals surface area contributed by atoms with Crippen LogP contribution in [0.1, 0.15) is 11.1 Å². The molecular formula is C25H24N2O4. The van der Waals surface area contributed by atoms with Crippen molar-refractivity contribution in [2.24, 2.45) is 0 Å². The highest BCUT2D eigenvalue weighted by Gasteiger charge is 2.25. The van der Waals surface area contributed by atoms with Crippen LogP contribution in [0.25, 0.3) is 17.2 Å². The second-order valence-corrected chi connectivity index (χ2v) is 7.17. The summed E-state index contributed by atoms with van der Waals surface area (Å²) in [7, 11) is 3.17. The fourth-order valence-electron chi connectivity index (χ4n) is 3.60. The van der Waals surface area contributed by atoms with E-state index < -0.39 is 0 Å². The molecule has 6 nitrogen and oxygen atoms in total. The fraction of sp³-hybridized carbons (Fsp3) is 0.200. The molecule has 0 saturated carbocycles. The van der Waals surface area contributed by atoms with Gasteiger partial charge in [-0.25, -0.2) is 0 Å². The molecule has 0 unspecified atom stereocenters. The molecular weight excluding hydrogens is 392 g/mol. The molecule has 1 atom stereocenters. The fourth-order valence-corrected chi connectivity index (χ4v) is 3.60. The maximum atomic E-state index is 12.3. The van der Waals surface area contributed by atoms with Gasteiger partial charge >= 0.3 is 0 Å². The van der Waals surface area contributed by atoms with E-state index >= 15 is 0 Å². The second-order valence-electron chi connectivity index (χ2n) is 7.17. The zero-order valence-corrected chi connectivity index (χ0v) is 17.5. The number of amides is 1. The van der Waals surface area contributed by atoms with E-state index in [0.29, 0.717) is 18.0 Å². The van der Waals surface area contributed by atoms with E-state index in [2.05, 4.69) is 16.4 Å². The SMILES string of the molecule is COc1ccc(/C=C/C(=O)NC[C@@H]2Cc3cccc(-c4cccnc4)c3O2)cc1OC. The molecule has 0 radical (unpaired) electrons. The lowest BCUT2D eigenvalue weighted by Gasteiger charge is -2.13. The van der Waals surface area contributed by atoms with Gasteiger partial charge in [0.2, 0.25) is 5.91 Å². The van der Waals surface area contributed by atoms with E-state index in [1.54, 1.807) is 32.6 Å². The summed E-state index contributed by atoms with van der Waals surface area (Å²) in [5.74, 6) is 1.96. The number of rotatable bonds is 7. The number of carbonyl (C=O) groups is 1. The van der Waals surface area contributed by atoms with Crippen LogP contribution in [0.3, 0.4) is 0 Å². The number of pyridine rings is 1. The van der Waals surface area contributed by atoms with Crippen molar-refractivity contribution in [3.05, 3.63) is 78.1 Å². The van der Waals surface area contributed by atoms with E-state index in [4.69, 9.17) is 14.2 Å². The Balaban J connectivity index is 1.36. The molecule has 4 rings (SSSR count). The van der Waals surface area contributed by atoms with Crippen LogP contribution in [0.15, 0.2) is 67.0 Å². The van der Waals surface area contributed by atoms with Crippen molar-refractivity contribution in [2.45, 2.75) is 12.5 Å². The topological polar surface area (TPSA) is 69.7 Å². The zero-order chi connectivity index (χ0) is 21.6. The van der Waals surface area contributed by atoms with E-state index in [9.17, 15) is 4.79 Å². The molecule has 31 heavy (non-hydrogen) atoms. The highest BCUT2D eigenvalue weighted by molar-refractivity contribution is 5.91. The van der Waals surface area contributed by atoms with Crippen molar-refractivity contribution in [1.82, 2.24) is 10.3 Å². The number of fused-ring (bicyclic) bond motifs is 1. The molecule has 0 bridgehead atoms. The summed E-state index contributed by atoms with van der Waals surface area (Å²) in [6.45, 7) is 0.427. The third kappa shape index (κ3) is 4.69. The van der Waals surface area contributed by atoms with Gasteiger partial charge in [-0.2, -0.15) is 0 Å². The highest BCUT2D eigenvalue weighted by atomic mass is 16.5. The Morgan fingerprint density at radius 3 is 2.81 bits per heavy atom. The number of nitrogens with one attached hydrogen (secondary N) is 1. The van der Waals surface area contributed by atoms with E-state index in [0.717, 1.165) is 34.4 Å². The first-order valence-corrected chi connectivity index (χ1v) is 10.0. The number of aromatic nitrogens is 1. The highest BCUT2D eigenvalue weighted by Crippen LogP contribution is 2.38. The average Bonchev–Trinajstić information content (AvgIpc) is 3.25. The summed E-state index contributed by atoms with van der Waals surface area (Å²) in [6, 6.07) is 15.5. The Hall–Kier alpha value is -3.80. The molecule has 0 aliphatic carbocycles. The van der Waals surface area contributed by atoms with Gasteiger partial charge < -0.3 is 19.5 Å². The number of hydrogen-bond acceptors (Lipinski definition) is 5. The molecule has 158 valence electrons. The number of methoxy groups -OCH3 is 2. The summed E-state index contributed by atoms with van der Waals surface area (Å²) in [4.78, 5) is 16.5. The monoisotopic (exact) mass is 416 g/mol. The number of hydrogen-bond donors (Lipinski definition) is 1. The Kier molecular flexibility index (Phi) is 6.17. The van der Waals surface area contributed by atoms with Crippen LogP contribution in [-0.4, -0.2) is 37.8 Å². The van der Waals surface area contributed by atoms with Gasteiger partial charge in [0.1, 0.15) is 11.9 Å². The van der Waals surface area contributed by atoms with Gasteiger partial charge in [-0.1, -0.05) is 30.3 Å². The minimum atomic E-state index is -0.179. The molecule has 1 aromatic heterocycles. The first-order chi connectivity index (χ1) is 15.2. The standard InChI is InChI=1S/C25H24N2O4/c1-29-22-10-8-17(13-23(22)30-2)9-11-24(28)27-16-20-14-18-5-3-7-21(25(18)31-20)19-6-4-12-26-15-19/h3-13,15,20H,14,16H2,1-2H3,(H,27,28)/b11-9+/t20-/m0/s1. The van der Waals surface area contributed by atoms with Crippen molar-refractivity contribution in [3.8, 4) is 28.4 Å². The predicted octanol–water partition coefficient (Wildman–Crippen LogP) is 3.90. The quantitative estimate of drug-likeness (QED) is 0.592. The zero-order valence-electron chi connectivity index (χ0n) is 17.5. The Morgan fingerprint density at radius 2 is 2.03 bits per heavy atom. The van der Waals surface area contributed by atoms with E-state index in [1.807, 2.05) is 42.6 Å². The van der Waals surface area contributed by atoms with Crippen LogP contribution < -0.4 is 19.5 Å². The maximum absolute atomic E-state index is 12.3. The summed E-state index contributed by atoms with van der Waals surface area (Å²) < 4.78 is 16.7. The minimum absolute atomic E-state index is 0.105. The van der Waals surface area contributed by atoms with Crippen molar-refractivity contribution < 1.29 is 19.0 Å². The van der Waals surface area contributed by atoms with Crippen molar-refractivity contribution in [3.63, 3.8) is 0 Å². The number of nitrogens with zero attached hydrogens (tertiary/aromatic N) is 1. The van der Waals surface area contributed by atoms with Gasteiger partial charge in [0.25, 0.3) is 0 Å². The Bertz CT molecular complexity index is 1100. The Labute approximate surface area is 181 Å². The number of benzene rings is 2. The molecule has 0 spiro atoms. The number of para-hydroxylation sites is 1. The van der Waals surface area contributed by atoms with Crippen LogP contribution >= 0.6 is 0 Å². The molecule has 1 N–H and O–H groups in total. The first-order valence-electron chi connectivity index (χ1n) is 10.0. The third-order valence-corrected chi connectivity index (χ3v) is 5.14. The third-order valence-electron chi connectivity index (χ3n) is 5.14. The van der Waals surface area contributed by atoms with Crippen LogP contribution in [0.4, 0.5) is 0 Å². The van der Waals surface area contributed by atoms with Gasteiger partial charge in [-0.3, -0.25) is 9.78 Å². The molecule has 1 aliphatic rings. The van der Waals surface area contributed by atoms with Crippen LogP contribution in [-0.2, 0) is 11.2 Å². The van der Waals surface area contributed by atoms with E-state index in [-0.39, 0.29) is 12.0 Å². The molecule has 1 amide bonds. The molecule has 1 aliphatic heterocycles. The van der Waals surface area contributed by atoms with Gasteiger partial charge in [-0.15, -0.1) is 0 Å². The second kappa shape index (κ2) is 9.34. The number of carbonyl (C=O) groups excluding carboxylic acids is 1. The smallest absolute Gasteiger partial charge is 0.244 e. The lowest BCUT2D eigenvalue weighted by molar-refractivity contribution is -0.116. The lowest BCUT2D eigenvalue weighted by atomic mass is 10.0. The molecule has 6 heteroatoms. The maximum Gasteiger partial charge on any atom is 0.244 e. The van der Waals surface area contributed by atoms with Crippen molar-refractivity contribution >= 4 is 12.0 Å². The van der Waals surface area contributed by atoms with E-state index in [1.165, 1.54) is 6.08 Å². The van der Waals surface area contributed by atoms with Crippen molar-refractivity contribution in [2.75, 3.05) is 20.8 Å². The lowest BCUT2D eigenvalue weighted by Crippen LogP contribution is -2.33. The van der Waals surface area contributed by atoms with Crippen LogP contribution in [0, 0.1) is 0 Å². The van der Waals surface area contributed by atoms with Crippen LogP contribution in [0.5, 0.6) is 17.2 Å². The first kappa shape index (κ1) is 20.5. The number of ether oxygens (including phenoxy) is 3. The van der Waals surface area contributed by atoms with Crippen molar-refractivity contribution in [1.29, 1.82) is 0 Å². The van der Waals surface area contributed by atoms with Gasteiger partial charge in [0.15, 0.2) is 11.5 Å². The van der Waals surface area contributed by atoms with Gasteiger partial charge in [0, 0.05) is 36.0 Å².